The maximum Gasteiger partial charge on any atom is 0.408 e. The van der Waals surface area contributed by atoms with Crippen LogP contribution in [0, 0.1) is 0 Å². The molecule has 0 radical (unpaired) electrons. The lowest BCUT2D eigenvalue weighted by Crippen LogP contribution is -2.38. The van der Waals surface area contributed by atoms with Crippen molar-refractivity contribution in [2.75, 3.05) is 29.7 Å². The number of nitrogens with zero attached hydrogens (tertiary/aromatic N) is 2. The van der Waals surface area contributed by atoms with E-state index in [-0.39, 0.29) is 36.1 Å². The molecule has 10 nitrogen and oxygen atoms in total. The van der Waals surface area contributed by atoms with Crippen molar-refractivity contribution in [3.8, 4) is 11.5 Å². The number of amides is 2. The standard InChI is InChI=1S/C19H23N3O7S2/c1-19(2,3)29-18(24)20-7-16(23)21-17-22(12-8-31(25,26)9-15(12)30-17)11-4-5-13-14(6-11)28-10-27-13/h4-6,12,15H,7-10H2,1-3H3,(H,20,24)/t12-,15+/m1/s1. The van der Waals surface area contributed by atoms with E-state index in [1.807, 2.05) is 0 Å². The highest BCUT2D eigenvalue weighted by molar-refractivity contribution is 8.16. The summed E-state index contributed by atoms with van der Waals surface area (Å²) in [7, 11) is -3.18. The summed E-state index contributed by atoms with van der Waals surface area (Å²) >= 11 is 1.25. The summed E-state index contributed by atoms with van der Waals surface area (Å²) in [5.41, 5.74) is -0.0209. The number of carbonyl (C=O) groups excluding carboxylic acids is 2. The predicted octanol–water partition coefficient (Wildman–Crippen LogP) is 1.54. The van der Waals surface area contributed by atoms with E-state index >= 15 is 0 Å². The summed E-state index contributed by atoms with van der Waals surface area (Å²) in [5, 5.41) is 2.54. The minimum Gasteiger partial charge on any atom is -0.454 e. The Bertz CT molecular complexity index is 1050. The van der Waals surface area contributed by atoms with Crippen molar-refractivity contribution >= 4 is 44.5 Å². The summed E-state index contributed by atoms with van der Waals surface area (Å²) in [6, 6.07) is 4.92. The lowest BCUT2D eigenvalue weighted by Gasteiger charge is -2.24. The average molecular weight is 470 g/mol. The van der Waals surface area contributed by atoms with Crippen LogP contribution in [0.25, 0.3) is 0 Å². The number of sulfone groups is 1. The molecule has 31 heavy (non-hydrogen) atoms. The highest BCUT2D eigenvalue weighted by atomic mass is 32.2. The quantitative estimate of drug-likeness (QED) is 0.702. The van der Waals surface area contributed by atoms with Gasteiger partial charge in [0, 0.05) is 17.0 Å². The molecule has 2 amide bonds. The fourth-order valence-corrected chi connectivity index (χ4v) is 7.44. The van der Waals surface area contributed by atoms with E-state index in [0.29, 0.717) is 22.4 Å². The number of aliphatic imine (C=N–C) groups is 1. The monoisotopic (exact) mass is 469 g/mol. The van der Waals surface area contributed by atoms with E-state index < -0.39 is 27.4 Å². The maximum absolute atomic E-state index is 12.4. The molecule has 0 saturated carbocycles. The third kappa shape index (κ3) is 4.90. The molecule has 3 aliphatic heterocycles. The van der Waals surface area contributed by atoms with Gasteiger partial charge in [0.1, 0.15) is 12.1 Å². The number of nitrogens with one attached hydrogen (secondary N) is 1. The Kier molecular flexibility index (Phi) is 5.54. The van der Waals surface area contributed by atoms with E-state index in [9.17, 15) is 18.0 Å². The number of fused-ring (bicyclic) bond motifs is 2. The van der Waals surface area contributed by atoms with Gasteiger partial charge in [0.2, 0.25) is 6.79 Å². The van der Waals surface area contributed by atoms with Crippen molar-refractivity contribution in [2.45, 2.75) is 37.7 Å². The molecule has 12 heteroatoms. The first kappa shape index (κ1) is 21.8. The first-order valence-corrected chi connectivity index (χ1v) is 12.4. The summed E-state index contributed by atoms with van der Waals surface area (Å²) in [5.74, 6) is 0.572. The van der Waals surface area contributed by atoms with Gasteiger partial charge in [-0.15, -0.1) is 0 Å². The molecule has 3 aliphatic rings. The van der Waals surface area contributed by atoms with Crippen LogP contribution in [0.15, 0.2) is 23.2 Å². The number of ether oxygens (including phenoxy) is 3. The highest BCUT2D eigenvalue weighted by Crippen LogP contribution is 2.43. The van der Waals surface area contributed by atoms with Gasteiger partial charge < -0.3 is 24.4 Å². The Labute approximate surface area is 184 Å². The van der Waals surface area contributed by atoms with Crippen LogP contribution in [0.5, 0.6) is 11.5 Å². The molecule has 4 rings (SSSR count). The number of amidine groups is 1. The number of alkyl carbamates (subject to hydrolysis) is 1. The van der Waals surface area contributed by atoms with Crippen LogP contribution in [0.1, 0.15) is 20.8 Å². The predicted molar refractivity (Wildman–Crippen MR) is 116 cm³/mol. The second kappa shape index (κ2) is 7.90. The number of carbonyl (C=O) groups is 2. The number of hydrogen-bond donors (Lipinski definition) is 1. The Morgan fingerprint density at radius 2 is 2.00 bits per heavy atom. The second-order valence-corrected chi connectivity index (χ2v) is 11.7. The van der Waals surface area contributed by atoms with Crippen molar-refractivity contribution in [3.05, 3.63) is 18.2 Å². The van der Waals surface area contributed by atoms with Gasteiger partial charge >= 0.3 is 6.09 Å². The molecule has 2 fully saturated rings. The molecule has 0 aromatic heterocycles. The van der Waals surface area contributed by atoms with Crippen LogP contribution in [-0.4, -0.2) is 67.3 Å². The number of benzene rings is 1. The van der Waals surface area contributed by atoms with Gasteiger partial charge in [0.15, 0.2) is 26.5 Å². The lowest BCUT2D eigenvalue weighted by molar-refractivity contribution is -0.117. The van der Waals surface area contributed by atoms with Crippen LogP contribution >= 0.6 is 11.8 Å². The number of anilines is 1. The summed E-state index contributed by atoms with van der Waals surface area (Å²) in [6.07, 6.45) is -0.712. The Morgan fingerprint density at radius 1 is 1.26 bits per heavy atom. The van der Waals surface area contributed by atoms with Crippen molar-refractivity contribution in [1.29, 1.82) is 0 Å². The largest absolute Gasteiger partial charge is 0.454 e. The molecule has 0 aliphatic carbocycles. The minimum atomic E-state index is -3.18. The van der Waals surface area contributed by atoms with Crippen molar-refractivity contribution in [3.63, 3.8) is 0 Å². The molecule has 3 heterocycles. The first-order chi connectivity index (χ1) is 14.5. The molecular formula is C19H23N3O7S2. The van der Waals surface area contributed by atoms with Crippen LogP contribution in [0.4, 0.5) is 10.5 Å². The smallest absolute Gasteiger partial charge is 0.408 e. The Morgan fingerprint density at radius 3 is 2.74 bits per heavy atom. The molecule has 1 aromatic rings. The normalized spacial score (nSPS) is 24.9. The fraction of sp³-hybridized carbons (Fsp3) is 0.526. The van der Waals surface area contributed by atoms with Crippen LogP contribution in [0.3, 0.4) is 0 Å². The van der Waals surface area contributed by atoms with Gasteiger partial charge in [-0.25, -0.2) is 13.2 Å². The van der Waals surface area contributed by atoms with Crippen LogP contribution < -0.4 is 19.7 Å². The highest BCUT2D eigenvalue weighted by Gasteiger charge is 2.49. The molecule has 2 atom stereocenters. The van der Waals surface area contributed by atoms with Crippen molar-refractivity contribution in [2.24, 2.45) is 4.99 Å². The number of rotatable bonds is 3. The average Bonchev–Trinajstić information content (AvgIpc) is 3.29. The first-order valence-electron chi connectivity index (χ1n) is 9.65. The second-order valence-electron chi connectivity index (χ2n) is 8.35. The summed E-state index contributed by atoms with van der Waals surface area (Å²) in [4.78, 5) is 30.1. The SMILES string of the molecule is CC(C)(C)OC(=O)NCC(=O)N=C1S[C@H]2CS(=O)(=O)C[C@H]2N1c1ccc2c(c1)OCO2. The molecular weight excluding hydrogens is 446 g/mol. The molecule has 0 bridgehead atoms. The van der Waals surface area contributed by atoms with Crippen molar-refractivity contribution in [1.82, 2.24) is 5.32 Å². The molecule has 1 N–H and O–H groups in total. The van der Waals surface area contributed by atoms with Gasteiger partial charge in [-0.05, 0) is 32.9 Å². The summed E-state index contributed by atoms with van der Waals surface area (Å²) < 4.78 is 40.2. The zero-order chi connectivity index (χ0) is 22.4. The number of thioether (sulfide) groups is 1. The van der Waals surface area contributed by atoms with E-state index in [2.05, 4.69) is 10.3 Å². The van der Waals surface area contributed by atoms with E-state index in [1.54, 1.807) is 43.9 Å². The van der Waals surface area contributed by atoms with Gasteiger partial charge in [-0.3, -0.25) is 4.79 Å². The maximum atomic E-state index is 12.4. The third-order valence-corrected chi connectivity index (χ3v) is 7.91. The van der Waals surface area contributed by atoms with Gasteiger partial charge in [0.05, 0.1) is 17.5 Å². The Hall–Kier alpha value is -2.47. The molecule has 0 unspecified atom stereocenters. The van der Waals surface area contributed by atoms with E-state index in [4.69, 9.17) is 14.2 Å². The van der Waals surface area contributed by atoms with E-state index in [1.165, 1.54) is 11.8 Å². The number of hydrogen-bond acceptors (Lipinski definition) is 8. The molecule has 168 valence electrons. The fourth-order valence-electron chi connectivity index (χ4n) is 3.51. The van der Waals surface area contributed by atoms with Gasteiger partial charge in [-0.1, -0.05) is 11.8 Å². The zero-order valence-electron chi connectivity index (χ0n) is 17.3. The van der Waals surface area contributed by atoms with Gasteiger partial charge in [0.25, 0.3) is 5.91 Å². The van der Waals surface area contributed by atoms with Crippen LogP contribution in [0.2, 0.25) is 0 Å². The lowest BCUT2D eigenvalue weighted by atomic mass is 10.2. The topological polar surface area (TPSA) is 124 Å². The Balaban J connectivity index is 1.54. The molecule has 1 aromatic carbocycles. The van der Waals surface area contributed by atoms with E-state index in [0.717, 1.165) is 0 Å². The summed E-state index contributed by atoms with van der Waals surface area (Å²) in [6.45, 7) is 4.95. The van der Waals surface area contributed by atoms with Gasteiger partial charge in [-0.2, -0.15) is 4.99 Å². The molecule has 2 saturated heterocycles. The zero-order valence-corrected chi connectivity index (χ0v) is 18.9. The minimum absolute atomic E-state index is 0.0206. The third-order valence-electron chi connectivity index (χ3n) is 4.70. The molecule has 0 spiro atoms. The van der Waals surface area contributed by atoms with Crippen molar-refractivity contribution < 1.29 is 32.2 Å². The van der Waals surface area contributed by atoms with Crippen LogP contribution in [-0.2, 0) is 19.4 Å².